The van der Waals surface area contributed by atoms with E-state index in [9.17, 15) is 4.79 Å². The van der Waals surface area contributed by atoms with Crippen LogP contribution in [-0.4, -0.2) is 37.1 Å². The smallest absolute Gasteiger partial charge is 0.253 e. The minimum absolute atomic E-state index is 0.125. The largest absolute Gasteiger partial charge is 0.467 e. The molecule has 0 aliphatic carbocycles. The molecule has 3 aromatic heterocycles. The summed E-state index contributed by atoms with van der Waals surface area (Å²) in [6.45, 7) is 3.75. The monoisotopic (exact) mass is 385 g/mol. The molecule has 1 aliphatic rings. The van der Waals surface area contributed by atoms with E-state index in [1.54, 1.807) is 6.26 Å². The molecule has 8 nitrogen and oxygen atoms in total. The van der Waals surface area contributed by atoms with Crippen LogP contribution in [0.4, 0.5) is 0 Å². The Hall–Kier alpha value is -2.81. The fourth-order valence-electron chi connectivity index (χ4n) is 2.89. The van der Waals surface area contributed by atoms with Crippen molar-refractivity contribution in [1.29, 1.82) is 0 Å². The number of rotatable bonds is 5. The Morgan fingerprint density at radius 1 is 1.30 bits per heavy atom. The molecule has 1 unspecified atom stereocenters. The van der Waals surface area contributed by atoms with Gasteiger partial charge in [-0.05, 0) is 38.1 Å². The minimum atomic E-state index is -0.283. The first kappa shape index (κ1) is 17.6. The van der Waals surface area contributed by atoms with E-state index in [2.05, 4.69) is 15.3 Å². The molecule has 0 radical (unpaired) electrons. The molecular weight excluding hydrogens is 366 g/mol. The normalized spacial score (nSPS) is 16.8. The number of nitrogens with zero attached hydrogens (tertiary/aromatic N) is 5. The van der Waals surface area contributed by atoms with E-state index in [1.807, 2.05) is 49.7 Å². The van der Waals surface area contributed by atoms with Crippen molar-refractivity contribution in [2.24, 2.45) is 12.1 Å². The molecule has 0 aromatic carbocycles. The Labute approximate surface area is 160 Å². The van der Waals surface area contributed by atoms with Crippen molar-refractivity contribution in [2.45, 2.75) is 31.5 Å². The van der Waals surface area contributed by atoms with Crippen LogP contribution in [0.2, 0.25) is 0 Å². The first-order valence-corrected chi connectivity index (χ1v) is 9.50. The van der Waals surface area contributed by atoms with Crippen LogP contribution >= 0.6 is 11.8 Å². The predicted octanol–water partition coefficient (Wildman–Crippen LogP) is 3.09. The van der Waals surface area contributed by atoms with Gasteiger partial charge in [0.2, 0.25) is 0 Å². The Morgan fingerprint density at radius 2 is 2.15 bits per heavy atom. The number of hydrogen-bond donors (Lipinski definition) is 0. The van der Waals surface area contributed by atoms with E-state index in [0.29, 0.717) is 23.1 Å². The van der Waals surface area contributed by atoms with Crippen LogP contribution in [0.25, 0.3) is 0 Å². The Bertz CT molecular complexity index is 989. The molecule has 4 rings (SSSR count). The van der Waals surface area contributed by atoms with Gasteiger partial charge in [0.25, 0.3) is 5.91 Å². The van der Waals surface area contributed by atoms with E-state index in [-0.39, 0.29) is 17.7 Å². The van der Waals surface area contributed by atoms with Crippen molar-refractivity contribution in [3.63, 3.8) is 0 Å². The van der Waals surface area contributed by atoms with Crippen LogP contribution in [0.1, 0.15) is 35.6 Å². The second-order valence-electron chi connectivity index (χ2n) is 6.31. The summed E-state index contributed by atoms with van der Waals surface area (Å²) >= 11 is 1.34. The Kier molecular flexibility index (Phi) is 4.61. The zero-order valence-corrected chi connectivity index (χ0v) is 16.1. The molecule has 0 spiro atoms. The van der Waals surface area contributed by atoms with Gasteiger partial charge in [0.15, 0.2) is 5.16 Å². The van der Waals surface area contributed by atoms with Crippen molar-refractivity contribution in [2.75, 3.05) is 5.75 Å². The highest BCUT2D eigenvalue weighted by Crippen LogP contribution is 2.34. The van der Waals surface area contributed by atoms with Gasteiger partial charge in [-0.1, -0.05) is 11.8 Å². The highest BCUT2D eigenvalue weighted by Gasteiger charge is 2.35. The third-order valence-corrected chi connectivity index (χ3v) is 5.44. The second kappa shape index (κ2) is 7.07. The average molecular weight is 385 g/mol. The Morgan fingerprint density at radius 3 is 2.78 bits per heavy atom. The molecule has 1 amide bonds. The number of carbonyl (C=O) groups excluding carboxylic acids is 1. The van der Waals surface area contributed by atoms with Gasteiger partial charge in [-0.15, -0.1) is 10.2 Å². The lowest BCUT2D eigenvalue weighted by atomic mass is 10.1. The summed E-state index contributed by atoms with van der Waals surface area (Å²) in [6, 6.07) is 7.14. The van der Waals surface area contributed by atoms with Crippen molar-refractivity contribution >= 4 is 23.4 Å². The average Bonchev–Trinajstić information content (AvgIpc) is 3.42. The Balaban J connectivity index is 1.55. The van der Waals surface area contributed by atoms with Crippen LogP contribution in [0, 0.1) is 13.8 Å². The highest BCUT2D eigenvalue weighted by molar-refractivity contribution is 7.99. The molecule has 9 heteroatoms. The number of carbonyl (C=O) groups is 1. The molecule has 27 heavy (non-hydrogen) atoms. The zero-order chi connectivity index (χ0) is 19.0. The first-order valence-electron chi connectivity index (χ1n) is 8.51. The quantitative estimate of drug-likeness (QED) is 0.627. The van der Waals surface area contributed by atoms with E-state index >= 15 is 0 Å². The topological polar surface area (TPSA) is 89.7 Å². The number of amides is 1. The third kappa shape index (κ3) is 3.42. The lowest BCUT2D eigenvalue weighted by Gasteiger charge is -2.19. The highest BCUT2D eigenvalue weighted by atomic mass is 32.2. The van der Waals surface area contributed by atoms with E-state index < -0.39 is 0 Å². The maximum Gasteiger partial charge on any atom is 0.253 e. The standard InChI is InChI=1S/C18H19N5O3S/c1-11-6-7-15(26-11)13-9-14(16-5-4-8-25-16)23(21-13)17(24)10-27-18-20-19-12(2)22(18)3/h4-8,14H,9-10H2,1-3H3. The van der Waals surface area contributed by atoms with Crippen LogP contribution < -0.4 is 0 Å². The minimum Gasteiger partial charge on any atom is -0.467 e. The lowest BCUT2D eigenvalue weighted by molar-refractivity contribution is -0.130. The molecule has 4 heterocycles. The molecular formula is C18H19N5O3S. The molecule has 0 N–H and O–H groups in total. The number of hydrazone groups is 1. The van der Waals surface area contributed by atoms with Gasteiger partial charge in [0.05, 0.1) is 12.0 Å². The SMILES string of the molecule is Cc1ccc(C2=NN(C(=O)CSc3nnc(C)n3C)C(c3ccco3)C2)o1. The van der Waals surface area contributed by atoms with Gasteiger partial charge >= 0.3 is 0 Å². The van der Waals surface area contributed by atoms with E-state index in [1.165, 1.54) is 16.8 Å². The zero-order valence-electron chi connectivity index (χ0n) is 15.2. The number of thioether (sulfide) groups is 1. The fourth-order valence-corrected chi connectivity index (χ4v) is 3.70. The van der Waals surface area contributed by atoms with Crippen LogP contribution in [0.15, 0.2) is 49.6 Å². The van der Waals surface area contributed by atoms with Crippen LogP contribution in [0.3, 0.4) is 0 Å². The van der Waals surface area contributed by atoms with E-state index in [4.69, 9.17) is 8.83 Å². The summed E-state index contributed by atoms with van der Waals surface area (Å²) in [4.78, 5) is 12.9. The lowest BCUT2D eigenvalue weighted by Crippen LogP contribution is -2.28. The third-order valence-electron chi connectivity index (χ3n) is 4.44. The van der Waals surface area contributed by atoms with Gasteiger partial charge < -0.3 is 13.4 Å². The van der Waals surface area contributed by atoms with E-state index in [0.717, 1.165) is 17.3 Å². The summed E-state index contributed by atoms with van der Waals surface area (Å²) in [5.41, 5.74) is 0.734. The summed E-state index contributed by atoms with van der Waals surface area (Å²) in [5, 5.41) is 14.8. The summed E-state index contributed by atoms with van der Waals surface area (Å²) < 4.78 is 13.1. The van der Waals surface area contributed by atoms with Crippen molar-refractivity contribution in [3.05, 3.63) is 53.6 Å². The van der Waals surface area contributed by atoms with Gasteiger partial charge in [-0.2, -0.15) is 5.10 Å². The summed E-state index contributed by atoms with van der Waals surface area (Å²) in [5.74, 6) is 3.06. The number of aryl methyl sites for hydroxylation is 2. The molecule has 0 bridgehead atoms. The summed E-state index contributed by atoms with van der Waals surface area (Å²) in [7, 11) is 1.87. The number of furan rings is 2. The van der Waals surface area contributed by atoms with Gasteiger partial charge in [0, 0.05) is 13.5 Å². The molecule has 0 saturated carbocycles. The predicted molar refractivity (Wildman–Crippen MR) is 99.4 cm³/mol. The van der Waals surface area contributed by atoms with Crippen molar-refractivity contribution in [3.8, 4) is 0 Å². The molecule has 0 saturated heterocycles. The maximum absolute atomic E-state index is 12.9. The number of aromatic nitrogens is 3. The van der Waals surface area contributed by atoms with Crippen molar-refractivity contribution in [1.82, 2.24) is 19.8 Å². The number of hydrogen-bond acceptors (Lipinski definition) is 7. The first-order chi connectivity index (χ1) is 13.0. The van der Waals surface area contributed by atoms with Crippen LogP contribution in [0.5, 0.6) is 0 Å². The van der Waals surface area contributed by atoms with Gasteiger partial charge in [-0.3, -0.25) is 4.79 Å². The van der Waals surface area contributed by atoms with Gasteiger partial charge in [-0.25, -0.2) is 5.01 Å². The molecule has 140 valence electrons. The fraction of sp³-hybridized carbons (Fsp3) is 0.333. The van der Waals surface area contributed by atoms with Crippen LogP contribution in [-0.2, 0) is 11.8 Å². The molecule has 1 aliphatic heterocycles. The second-order valence-corrected chi connectivity index (χ2v) is 7.25. The molecule has 0 fully saturated rings. The van der Waals surface area contributed by atoms with Crippen molar-refractivity contribution < 1.29 is 13.6 Å². The van der Waals surface area contributed by atoms with Gasteiger partial charge in [0.1, 0.15) is 34.9 Å². The molecule has 3 aromatic rings. The molecule has 1 atom stereocenters. The summed E-state index contributed by atoms with van der Waals surface area (Å²) in [6.07, 6.45) is 2.14. The maximum atomic E-state index is 12.9.